The summed E-state index contributed by atoms with van der Waals surface area (Å²) in [5, 5.41) is 3.33. The predicted octanol–water partition coefficient (Wildman–Crippen LogP) is 4.45. The second-order valence-corrected chi connectivity index (χ2v) is 8.89. The Labute approximate surface area is 135 Å². The fourth-order valence-electron chi connectivity index (χ4n) is 7.02. The molecule has 0 bridgehead atoms. The van der Waals surface area contributed by atoms with E-state index in [1.54, 1.807) is 5.57 Å². The molecule has 0 spiro atoms. The molecule has 1 heterocycles. The first-order valence-electron chi connectivity index (χ1n) is 9.44. The lowest BCUT2D eigenvalue weighted by Gasteiger charge is -2.59. The molecule has 0 radical (unpaired) electrons. The highest BCUT2D eigenvalue weighted by Gasteiger charge is 2.58. The lowest BCUT2D eigenvalue weighted by Crippen LogP contribution is -2.60. The van der Waals surface area contributed by atoms with Crippen molar-refractivity contribution in [3.8, 4) is 0 Å². The molecule has 4 fully saturated rings. The van der Waals surface area contributed by atoms with Gasteiger partial charge in [-0.15, -0.1) is 0 Å². The molecular formula is C20H31NO. The Morgan fingerprint density at radius 1 is 1.05 bits per heavy atom. The Bertz CT molecular complexity index is 524. The summed E-state index contributed by atoms with van der Waals surface area (Å²) in [5.74, 6) is 2.92. The molecule has 4 aliphatic rings. The van der Waals surface area contributed by atoms with Crippen LogP contribution in [0.4, 0.5) is 0 Å². The third-order valence-electron chi connectivity index (χ3n) is 8.29. The van der Waals surface area contributed by atoms with Gasteiger partial charge in [0.25, 0.3) is 0 Å². The van der Waals surface area contributed by atoms with E-state index in [9.17, 15) is 4.79 Å². The monoisotopic (exact) mass is 301 g/mol. The fraction of sp³-hybridized carbons (Fsp3) is 0.850. The number of carbonyl (C=O) groups excluding carboxylic acids is 1. The molecule has 4 rings (SSSR count). The molecule has 2 nitrogen and oxygen atoms in total. The molecule has 3 aliphatic carbocycles. The van der Waals surface area contributed by atoms with Crippen LogP contribution in [-0.4, -0.2) is 11.9 Å². The van der Waals surface area contributed by atoms with Crippen molar-refractivity contribution in [3.63, 3.8) is 0 Å². The number of allylic oxidation sites excluding steroid dienone is 2. The standard InChI is InChI=1S/C20H31NO/c1-4-13-5-7-15-14-6-8-17-20(3,12-10-18(22)21-17)16(14)9-11-19(13,15)2/h4,14-17H,5-12H2,1-3H3,(H,21,22)/t14-,15-,16+,17?,19+,20+/m0/s1. The molecule has 1 saturated heterocycles. The lowest BCUT2D eigenvalue weighted by molar-refractivity contribution is -0.134. The van der Waals surface area contributed by atoms with Gasteiger partial charge in [-0.2, -0.15) is 0 Å². The van der Waals surface area contributed by atoms with Gasteiger partial charge in [-0.25, -0.2) is 0 Å². The van der Waals surface area contributed by atoms with Crippen molar-refractivity contribution in [1.82, 2.24) is 5.32 Å². The summed E-state index contributed by atoms with van der Waals surface area (Å²) in [6, 6.07) is 0.446. The maximum Gasteiger partial charge on any atom is 0.220 e. The van der Waals surface area contributed by atoms with Gasteiger partial charge in [0.15, 0.2) is 0 Å². The number of hydrogen-bond donors (Lipinski definition) is 1. The Balaban J connectivity index is 1.65. The van der Waals surface area contributed by atoms with Crippen molar-refractivity contribution in [2.75, 3.05) is 0 Å². The zero-order valence-corrected chi connectivity index (χ0v) is 14.5. The van der Waals surface area contributed by atoms with E-state index in [1.165, 1.54) is 38.5 Å². The molecule has 1 unspecified atom stereocenters. The average Bonchev–Trinajstić information content (AvgIpc) is 2.84. The quantitative estimate of drug-likeness (QED) is 0.658. The topological polar surface area (TPSA) is 29.1 Å². The van der Waals surface area contributed by atoms with E-state index in [-0.39, 0.29) is 0 Å². The normalized spacial score (nSPS) is 52.7. The van der Waals surface area contributed by atoms with Gasteiger partial charge in [0.05, 0.1) is 0 Å². The lowest BCUT2D eigenvalue weighted by atomic mass is 9.47. The zero-order chi connectivity index (χ0) is 15.5. The van der Waals surface area contributed by atoms with Crippen LogP contribution in [0.25, 0.3) is 0 Å². The number of piperidine rings is 1. The molecule has 2 heteroatoms. The molecule has 0 aromatic rings. The molecule has 1 aliphatic heterocycles. The summed E-state index contributed by atoms with van der Waals surface area (Å²) >= 11 is 0. The molecule has 122 valence electrons. The highest BCUT2D eigenvalue weighted by atomic mass is 16.1. The minimum Gasteiger partial charge on any atom is -0.353 e. The summed E-state index contributed by atoms with van der Waals surface area (Å²) in [6.07, 6.45) is 12.3. The molecule has 1 N–H and O–H groups in total. The molecule has 3 saturated carbocycles. The zero-order valence-electron chi connectivity index (χ0n) is 14.5. The number of fused-ring (bicyclic) bond motifs is 5. The summed E-state index contributed by atoms with van der Waals surface area (Å²) in [7, 11) is 0. The predicted molar refractivity (Wildman–Crippen MR) is 89.3 cm³/mol. The number of nitrogens with one attached hydrogen (secondary N) is 1. The van der Waals surface area contributed by atoms with Crippen LogP contribution in [0.2, 0.25) is 0 Å². The van der Waals surface area contributed by atoms with Crippen LogP contribution < -0.4 is 5.32 Å². The van der Waals surface area contributed by atoms with E-state index in [4.69, 9.17) is 0 Å². The molecule has 0 aromatic heterocycles. The van der Waals surface area contributed by atoms with Crippen molar-refractivity contribution in [2.45, 2.75) is 78.2 Å². The van der Waals surface area contributed by atoms with E-state index >= 15 is 0 Å². The number of hydrogen-bond acceptors (Lipinski definition) is 1. The maximum atomic E-state index is 11.8. The van der Waals surface area contributed by atoms with E-state index in [2.05, 4.69) is 32.2 Å². The first-order valence-corrected chi connectivity index (χ1v) is 9.44. The summed E-state index contributed by atoms with van der Waals surface area (Å²) in [5.41, 5.74) is 2.58. The molecular weight excluding hydrogens is 270 g/mol. The molecule has 22 heavy (non-hydrogen) atoms. The SMILES string of the molecule is CC=C1CC[C@H]2[C@@H]3CCC4NC(=O)CC[C@]4(C)[C@@H]3CC[C@]12C. The molecule has 6 atom stereocenters. The Hall–Kier alpha value is -0.790. The van der Waals surface area contributed by atoms with Gasteiger partial charge in [0.1, 0.15) is 0 Å². The largest absolute Gasteiger partial charge is 0.353 e. The second kappa shape index (κ2) is 4.85. The van der Waals surface area contributed by atoms with Crippen molar-refractivity contribution < 1.29 is 4.79 Å². The van der Waals surface area contributed by atoms with Crippen molar-refractivity contribution in [2.24, 2.45) is 28.6 Å². The van der Waals surface area contributed by atoms with Gasteiger partial charge in [0.2, 0.25) is 5.91 Å². The van der Waals surface area contributed by atoms with Crippen LogP contribution in [-0.2, 0) is 4.79 Å². The van der Waals surface area contributed by atoms with Gasteiger partial charge in [-0.3, -0.25) is 4.79 Å². The summed E-state index contributed by atoms with van der Waals surface area (Å²) in [6.45, 7) is 7.28. The van der Waals surface area contributed by atoms with Crippen LogP contribution in [0.1, 0.15) is 72.1 Å². The van der Waals surface area contributed by atoms with Crippen LogP contribution in [0, 0.1) is 28.6 Å². The number of carbonyl (C=O) groups is 1. The van der Waals surface area contributed by atoms with E-state index in [0.29, 0.717) is 22.8 Å². The minimum atomic E-state index is 0.290. The Kier molecular flexibility index (Phi) is 3.26. The Morgan fingerprint density at radius 2 is 1.86 bits per heavy atom. The van der Waals surface area contributed by atoms with Crippen LogP contribution in [0.15, 0.2) is 11.6 Å². The fourth-order valence-corrected chi connectivity index (χ4v) is 7.02. The van der Waals surface area contributed by atoms with Gasteiger partial charge >= 0.3 is 0 Å². The van der Waals surface area contributed by atoms with Gasteiger partial charge in [-0.05, 0) is 80.5 Å². The van der Waals surface area contributed by atoms with Gasteiger partial charge in [-0.1, -0.05) is 25.5 Å². The summed E-state index contributed by atoms with van der Waals surface area (Å²) < 4.78 is 0. The van der Waals surface area contributed by atoms with Crippen LogP contribution in [0.5, 0.6) is 0 Å². The number of rotatable bonds is 0. The van der Waals surface area contributed by atoms with Gasteiger partial charge in [0, 0.05) is 12.5 Å². The third kappa shape index (κ3) is 1.82. The molecule has 1 amide bonds. The number of amides is 1. The van der Waals surface area contributed by atoms with Gasteiger partial charge < -0.3 is 5.32 Å². The first kappa shape index (κ1) is 14.8. The first-order chi connectivity index (χ1) is 10.5. The molecule has 0 aromatic carbocycles. The Morgan fingerprint density at radius 3 is 2.64 bits per heavy atom. The highest BCUT2D eigenvalue weighted by Crippen LogP contribution is 2.65. The highest BCUT2D eigenvalue weighted by molar-refractivity contribution is 5.77. The van der Waals surface area contributed by atoms with Crippen molar-refractivity contribution in [3.05, 3.63) is 11.6 Å². The summed E-state index contributed by atoms with van der Waals surface area (Å²) in [4.78, 5) is 11.8. The van der Waals surface area contributed by atoms with E-state index < -0.39 is 0 Å². The maximum absolute atomic E-state index is 11.8. The van der Waals surface area contributed by atoms with Crippen molar-refractivity contribution in [1.29, 1.82) is 0 Å². The van der Waals surface area contributed by atoms with E-state index in [0.717, 1.165) is 30.6 Å². The van der Waals surface area contributed by atoms with E-state index in [1.807, 2.05) is 0 Å². The van der Waals surface area contributed by atoms with Crippen molar-refractivity contribution >= 4 is 5.91 Å². The third-order valence-corrected chi connectivity index (χ3v) is 8.29. The minimum absolute atomic E-state index is 0.290. The van der Waals surface area contributed by atoms with Crippen LogP contribution in [0.3, 0.4) is 0 Å². The van der Waals surface area contributed by atoms with Crippen LogP contribution >= 0.6 is 0 Å². The second-order valence-electron chi connectivity index (χ2n) is 8.89. The smallest absolute Gasteiger partial charge is 0.220 e. The average molecular weight is 301 g/mol.